The Kier molecular flexibility index (Phi) is 4.77. The van der Waals surface area contributed by atoms with Crippen molar-refractivity contribution in [3.8, 4) is 0 Å². The summed E-state index contributed by atoms with van der Waals surface area (Å²) in [5, 5.41) is 2.36. The van der Waals surface area contributed by atoms with Crippen LogP contribution in [0.2, 0.25) is 0 Å². The molecule has 0 aromatic rings. The lowest BCUT2D eigenvalue weighted by atomic mass is 9.98. The van der Waals surface area contributed by atoms with Crippen LogP contribution in [0.3, 0.4) is 0 Å². The monoisotopic (exact) mass is 297 g/mol. The Hall–Kier alpha value is -2.12. The minimum atomic E-state index is -0.549. The number of likely N-dealkylation sites (tertiary alicyclic amines) is 1. The third kappa shape index (κ3) is 3.50. The number of carbonyl (C=O) groups excluding carboxylic acids is 4. The Morgan fingerprint density at radius 1 is 1.38 bits per heavy atom. The lowest BCUT2D eigenvalue weighted by molar-refractivity contribution is -0.151. The molecule has 4 amide bonds. The van der Waals surface area contributed by atoms with Gasteiger partial charge in [-0.15, -0.1) is 0 Å². The normalized spacial score (nSPS) is 22.2. The lowest BCUT2D eigenvalue weighted by Crippen LogP contribution is -2.48. The third-order valence-corrected chi connectivity index (χ3v) is 3.62. The Bertz CT molecular complexity index is 449. The van der Waals surface area contributed by atoms with Crippen molar-refractivity contribution in [2.75, 3.05) is 32.8 Å². The highest BCUT2D eigenvalue weighted by molar-refractivity contribution is 6.04. The van der Waals surface area contributed by atoms with E-state index >= 15 is 0 Å². The first-order valence-corrected chi connectivity index (χ1v) is 7.05. The molecule has 1 N–H and O–H groups in total. The summed E-state index contributed by atoms with van der Waals surface area (Å²) in [5.74, 6) is -1.36. The van der Waals surface area contributed by atoms with E-state index in [0.717, 1.165) is 4.90 Å². The zero-order valence-electron chi connectivity index (χ0n) is 12.0. The molecule has 0 aliphatic carbocycles. The second kappa shape index (κ2) is 6.55. The molecular formula is C13H19N3O5. The Labute approximate surface area is 122 Å². The quantitative estimate of drug-likeness (QED) is 0.549. The molecular weight excluding hydrogens is 278 g/mol. The minimum absolute atomic E-state index is 0.0719. The van der Waals surface area contributed by atoms with Gasteiger partial charge in [-0.25, -0.2) is 4.79 Å². The van der Waals surface area contributed by atoms with E-state index in [-0.39, 0.29) is 37.4 Å². The molecule has 0 aromatic heterocycles. The molecule has 0 spiro atoms. The van der Waals surface area contributed by atoms with E-state index in [1.54, 1.807) is 6.92 Å². The summed E-state index contributed by atoms with van der Waals surface area (Å²) in [4.78, 5) is 49.2. The predicted octanol–water partition coefficient (Wildman–Crippen LogP) is -0.660. The van der Waals surface area contributed by atoms with Crippen LogP contribution in [0.4, 0.5) is 4.79 Å². The van der Waals surface area contributed by atoms with Gasteiger partial charge in [0.1, 0.15) is 6.54 Å². The van der Waals surface area contributed by atoms with E-state index < -0.39 is 11.9 Å². The summed E-state index contributed by atoms with van der Waals surface area (Å²) in [5.41, 5.74) is 0. The van der Waals surface area contributed by atoms with Gasteiger partial charge in [-0.05, 0) is 19.8 Å². The fourth-order valence-electron chi connectivity index (χ4n) is 2.51. The molecule has 2 fully saturated rings. The van der Waals surface area contributed by atoms with Crippen LogP contribution in [0.25, 0.3) is 0 Å². The first kappa shape index (κ1) is 15.3. The van der Waals surface area contributed by atoms with Crippen molar-refractivity contribution < 1.29 is 23.9 Å². The van der Waals surface area contributed by atoms with Crippen LogP contribution >= 0.6 is 0 Å². The summed E-state index contributed by atoms with van der Waals surface area (Å²) < 4.78 is 4.97. The third-order valence-electron chi connectivity index (χ3n) is 3.62. The van der Waals surface area contributed by atoms with Crippen molar-refractivity contribution >= 4 is 23.8 Å². The first-order valence-electron chi connectivity index (χ1n) is 7.05. The molecule has 116 valence electrons. The van der Waals surface area contributed by atoms with Crippen molar-refractivity contribution in [1.82, 2.24) is 15.1 Å². The SMILES string of the molecule is CCOC(=O)[C@H]1CCCN(C(=O)CN2C(=O)CNC2=O)C1. The Morgan fingerprint density at radius 3 is 2.76 bits per heavy atom. The molecule has 8 nitrogen and oxygen atoms in total. The second-order valence-corrected chi connectivity index (χ2v) is 5.07. The van der Waals surface area contributed by atoms with Crippen LogP contribution in [0.15, 0.2) is 0 Å². The van der Waals surface area contributed by atoms with Crippen LogP contribution in [-0.4, -0.2) is 66.4 Å². The van der Waals surface area contributed by atoms with Crippen molar-refractivity contribution in [3.63, 3.8) is 0 Å². The average molecular weight is 297 g/mol. The zero-order chi connectivity index (χ0) is 15.4. The van der Waals surface area contributed by atoms with Crippen LogP contribution in [0, 0.1) is 5.92 Å². The fourth-order valence-corrected chi connectivity index (χ4v) is 2.51. The molecule has 0 saturated carbocycles. The number of amides is 4. The van der Waals surface area contributed by atoms with E-state index in [1.165, 1.54) is 4.90 Å². The summed E-state index contributed by atoms with van der Waals surface area (Å²) in [6, 6.07) is -0.549. The number of hydrogen-bond donors (Lipinski definition) is 1. The first-order chi connectivity index (χ1) is 10.0. The molecule has 2 saturated heterocycles. The number of nitrogens with one attached hydrogen (secondary N) is 1. The Balaban J connectivity index is 1.91. The standard InChI is InChI=1S/C13H19N3O5/c1-2-21-12(19)9-4-3-5-15(7-9)11(18)8-16-10(17)6-14-13(16)20/h9H,2-8H2,1H3,(H,14,20)/t9-/m0/s1. The number of rotatable bonds is 4. The van der Waals surface area contributed by atoms with E-state index in [2.05, 4.69) is 5.32 Å². The lowest BCUT2D eigenvalue weighted by Gasteiger charge is -2.32. The molecule has 2 aliphatic rings. The zero-order valence-corrected chi connectivity index (χ0v) is 12.0. The molecule has 2 heterocycles. The highest BCUT2D eigenvalue weighted by atomic mass is 16.5. The second-order valence-electron chi connectivity index (χ2n) is 5.07. The summed E-state index contributed by atoms with van der Waals surface area (Å²) in [7, 11) is 0. The number of carbonyl (C=O) groups is 4. The van der Waals surface area contributed by atoms with Gasteiger partial charge in [0, 0.05) is 13.1 Å². The number of esters is 1. The molecule has 1 atom stereocenters. The molecule has 21 heavy (non-hydrogen) atoms. The summed E-state index contributed by atoms with van der Waals surface area (Å²) in [6.07, 6.45) is 1.39. The van der Waals surface area contributed by atoms with Gasteiger partial charge in [-0.2, -0.15) is 0 Å². The van der Waals surface area contributed by atoms with Gasteiger partial charge in [-0.3, -0.25) is 19.3 Å². The summed E-state index contributed by atoms with van der Waals surface area (Å²) in [6.45, 7) is 2.50. The number of piperidine rings is 1. The number of urea groups is 1. The van der Waals surface area contributed by atoms with Crippen LogP contribution in [0.1, 0.15) is 19.8 Å². The molecule has 0 radical (unpaired) electrons. The topological polar surface area (TPSA) is 96.0 Å². The molecule has 2 rings (SSSR count). The van der Waals surface area contributed by atoms with Gasteiger partial charge < -0.3 is 15.0 Å². The van der Waals surface area contributed by atoms with E-state index in [9.17, 15) is 19.2 Å². The number of ether oxygens (including phenoxy) is 1. The van der Waals surface area contributed by atoms with Crippen molar-refractivity contribution in [2.45, 2.75) is 19.8 Å². The number of hydrogen-bond acceptors (Lipinski definition) is 5. The largest absolute Gasteiger partial charge is 0.466 e. The number of nitrogens with zero attached hydrogens (tertiary/aromatic N) is 2. The summed E-state index contributed by atoms with van der Waals surface area (Å²) >= 11 is 0. The van der Waals surface area contributed by atoms with Crippen LogP contribution in [0.5, 0.6) is 0 Å². The van der Waals surface area contributed by atoms with Crippen molar-refractivity contribution in [3.05, 3.63) is 0 Å². The van der Waals surface area contributed by atoms with E-state index in [1.807, 2.05) is 0 Å². The molecule has 8 heteroatoms. The smallest absolute Gasteiger partial charge is 0.325 e. The van der Waals surface area contributed by atoms with Gasteiger partial charge in [0.15, 0.2) is 0 Å². The van der Waals surface area contributed by atoms with Crippen LogP contribution in [-0.2, 0) is 19.1 Å². The maximum atomic E-state index is 12.2. The van der Waals surface area contributed by atoms with E-state index in [4.69, 9.17) is 4.74 Å². The average Bonchev–Trinajstić information content (AvgIpc) is 2.79. The van der Waals surface area contributed by atoms with Gasteiger partial charge in [0.2, 0.25) is 5.91 Å². The predicted molar refractivity (Wildman–Crippen MR) is 71.0 cm³/mol. The fraction of sp³-hybridized carbons (Fsp3) is 0.692. The Morgan fingerprint density at radius 2 is 2.14 bits per heavy atom. The van der Waals surface area contributed by atoms with Gasteiger partial charge >= 0.3 is 12.0 Å². The highest BCUT2D eigenvalue weighted by Gasteiger charge is 2.34. The molecule has 0 aromatic carbocycles. The molecule has 0 bridgehead atoms. The van der Waals surface area contributed by atoms with Crippen molar-refractivity contribution in [1.29, 1.82) is 0 Å². The van der Waals surface area contributed by atoms with Gasteiger partial charge in [-0.1, -0.05) is 0 Å². The van der Waals surface area contributed by atoms with Crippen LogP contribution < -0.4 is 5.32 Å². The highest BCUT2D eigenvalue weighted by Crippen LogP contribution is 2.18. The maximum absolute atomic E-state index is 12.2. The molecule has 2 aliphatic heterocycles. The maximum Gasteiger partial charge on any atom is 0.325 e. The van der Waals surface area contributed by atoms with Crippen molar-refractivity contribution in [2.24, 2.45) is 5.92 Å². The molecule has 0 unspecified atom stereocenters. The van der Waals surface area contributed by atoms with E-state index in [0.29, 0.717) is 26.0 Å². The minimum Gasteiger partial charge on any atom is -0.466 e. The van der Waals surface area contributed by atoms with Gasteiger partial charge in [0.25, 0.3) is 5.91 Å². The van der Waals surface area contributed by atoms with Gasteiger partial charge in [0.05, 0.1) is 19.1 Å². The number of imide groups is 1.